The average Bonchev–Trinajstić information content (AvgIpc) is 3.47. The number of nitrogens with zero attached hydrogens (tertiary/aromatic N) is 2. The minimum Gasteiger partial charge on any atom is -0.480 e. The van der Waals surface area contributed by atoms with Crippen LogP contribution in [-0.2, 0) is 11.2 Å². The summed E-state index contributed by atoms with van der Waals surface area (Å²) in [5.41, 5.74) is 5.64. The largest absolute Gasteiger partial charge is 0.480 e. The number of hydrogen-bond acceptors (Lipinski definition) is 5. The summed E-state index contributed by atoms with van der Waals surface area (Å²) in [7, 11) is 0. The number of rotatable bonds is 9. The lowest BCUT2D eigenvalue weighted by molar-refractivity contribution is -0.139. The van der Waals surface area contributed by atoms with Gasteiger partial charge in [0, 0.05) is 17.5 Å². The third kappa shape index (κ3) is 6.44. The summed E-state index contributed by atoms with van der Waals surface area (Å²) in [5.74, 6) is -1.64. The number of nitrogens with one attached hydrogen (secondary N) is 1. The predicted molar refractivity (Wildman–Crippen MR) is 158 cm³/mol. The van der Waals surface area contributed by atoms with Crippen molar-refractivity contribution in [2.45, 2.75) is 39.2 Å². The Morgan fingerprint density at radius 1 is 0.905 bits per heavy atom. The summed E-state index contributed by atoms with van der Waals surface area (Å²) in [6.45, 7) is 6.21. The molecule has 7 nitrogen and oxygen atoms in total. The van der Waals surface area contributed by atoms with E-state index in [1.165, 1.54) is 17.7 Å². The van der Waals surface area contributed by atoms with Crippen LogP contribution in [0.2, 0.25) is 0 Å². The number of carbonyl (C=O) groups is 2. The van der Waals surface area contributed by atoms with Gasteiger partial charge in [0.1, 0.15) is 11.9 Å². The van der Waals surface area contributed by atoms with Gasteiger partial charge in [-0.3, -0.25) is 4.79 Å². The minimum absolute atomic E-state index is 0.0800. The molecule has 2 N–H and O–H groups in total. The average molecular weight is 564 g/mol. The summed E-state index contributed by atoms with van der Waals surface area (Å²) in [6.07, 6.45) is -0.116. The minimum atomic E-state index is -1.27. The molecule has 8 heteroatoms. The Balaban J connectivity index is 1.29. The van der Waals surface area contributed by atoms with E-state index in [4.69, 9.17) is 4.52 Å². The van der Waals surface area contributed by atoms with Crippen molar-refractivity contribution in [2.24, 2.45) is 0 Å². The molecule has 0 saturated carbocycles. The Morgan fingerprint density at radius 3 is 2.29 bits per heavy atom. The van der Waals surface area contributed by atoms with Crippen LogP contribution in [0.4, 0.5) is 4.39 Å². The molecule has 212 valence electrons. The van der Waals surface area contributed by atoms with Crippen molar-refractivity contribution in [3.05, 3.63) is 119 Å². The first-order chi connectivity index (χ1) is 20.2. The fraction of sp³-hybridized carbons (Fsp3) is 0.176. The Morgan fingerprint density at radius 2 is 1.62 bits per heavy atom. The zero-order valence-electron chi connectivity index (χ0n) is 23.5. The molecule has 5 aromatic rings. The van der Waals surface area contributed by atoms with Gasteiger partial charge < -0.3 is 14.9 Å². The number of carboxylic acids is 1. The van der Waals surface area contributed by atoms with Crippen LogP contribution < -0.4 is 5.32 Å². The summed E-state index contributed by atoms with van der Waals surface area (Å²) in [6, 6.07) is 25.6. The van der Waals surface area contributed by atoms with Crippen molar-refractivity contribution in [3.63, 3.8) is 0 Å². The lowest BCUT2D eigenvalue weighted by atomic mass is 9.97. The van der Waals surface area contributed by atoms with Gasteiger partial charge in [0.05, 0.1) is 5.56 Å². The zero-order valence-corrected chi connectivity index (χ0v) is 23.5. The van der Waals surface area contributed by atoms with Gasteiger partial charge in [0.2, 0.25) is 5.82 Å². The van der Waals surface area contributed by atoms with Crippen molar-refractivity contribution >= 4 is 11.9 Å². The molecule has 4 aromatic carbocycles. The van der Waals surface area contributed by atoms with Crippen molar-refractivity contribution in [1.82, 2.24) is 15.5 Å². The van der Waals surface area contributed by atoms with E-state index in [9.17, 15) is 14.7 Å². The zero-order chi connectivity index (χ0) is 29.8. The summed E-state index contributed by atoms with van der Waals surface area (Å²) >= 11 is 0. The lowest BCUT2D eigenvalue weighted by Gasteiger charge is -2.16. The number of halogens is 1. The second kappa shape index (κ2) is 12.2. The van der Waals surface area contributed by atoms with Crippen molar-refractivity contribution in [2.75, 3.05) is 0 Å². The lowest BCUT2D eigenvalue weighted by Crippen LogP contribution is -2.42. The molecule has 0 bridgehead atoms. The molecule has 0 aliphatic heterocycles. The highest BCUT2D eigenvalue weighted by Gasteiger charge is 2.23. The maximum atomic E-state index is 15.1. The molecular formula is C34H30FN3O4. The molecule has 0 fully saturated rings. The first-order valence-electron chi connectivity index (χ1n) is 13.6. The van der Waals surface area contributed by atoms with Crippen LogP contribution in [0.15, 0.2) is 95.5 Å². The van der Waals surface area contributed by atoms with Crippen LogP contribution >= 0.6 is 0 Å². The molecule has 42 heavy (non-hydrogen) atoms. The van der Waals surface area contributed by atoms with Gasteiger partial charge in [-0.1, -0.05) is 79.2 Å². The second-order valence-electron chi connectivity index (χ2n) is 10.5. The van der Waals surface area contributed by atoms with Gasteiger partial charge >= 0.3 is 5.97 Å². The van der Waals surface area contributed by atoms with Gasteiger partial charge in [0.25, 0.3) is 11.8 Å². The maximum Gasteiger partial charge on any atom is 0.326 e. The summed E-state index contributed by atoms with van der Waals surface area (Å²) in [4.78, 5) is 29.4. The van der Waals surface area contributed by atoms with Crippen LogP contribution in [0.5, 0.6) is 0 Å². The molecule has 1 amide bonds. The fourth-order valence-electron chi connectivity index (χ4n) is 4.59. The van der Waals surface area contributed by atoms with Crippen molar-refractivity contribution in [3.8, 4) is 34.0 Å². The third-order valence-corrected chi connectivity index (χ3v) is 7.08. The molecule has 0 spiro atoms. The van der Waals surface area contributed by atoms with Crippen molar-refractivity contribution in [1.29, 1.82) is 0 Å². The first kappa shape index (κ1) is 28.4. The first-order valence-corrected chi connectivity index (χ1v) is 13.6. The number of benzene rings is 4. The summed E-state index contributed by atoms with van der Waals surface area (Å²) in [5, 5.41) is 16.3. The Kier molecular flexibility index (Phi) is 8.24. The molecular weight excluding hydrogens is 533 g/mol. The Labute approximate surface area is 243 Å². The van der Waals surface area contributed by atoms with E-state index in [1.54, 1.807) is 24.3 Å². The molecule has 1 heterocycles. The highest BCUT2D eigenvalue weighted by molar-refractivity contribution is 5.97. The van der Waals surface area contributed by atoms with E-state index >= 15 is 4.39 Å². The van der Waals surface area contributed by atoms with Gasteiger partial charge in [-0.25, -0.2) is 9.18 Å². The SMILES string of the molecule is Cc1ccc(-c2nc(-c3ccc(CC(NC(=O)c4cccc(-c5ccc(C(C)C)cc5)c4)C(=O)O)cc3F)no2)cc1. The van der Waals surface area contributed by atoms with E-state index in [1.807, 2.05) is 49.4 Å². The Hall–Kier alpha value is -5.11. The quantitative estimate of drug-likeness (QED) is 0.199. The number of carboxylic acid groups (broad SMARTS) is 1. The topological polar surface area (TPSA) is 105 Å². The van der Waals surface area contributed by atoms with E-state index in [2.05, 4.69) is 41.4 Å². The number of aryl methyl sites for hydroxylation is 1. The molecule has 0 aliphatic rings. The van der Waals surface area contributed by atoms with Gasteiger partial charge in [-0.2, -0.15) is 4.98 Å². The highest BCUT2D eigenvalue weighted by atomic mass is 19.1. The fourth-order valence-corrected chi connectivity index (χ4v) is 4.59. The molecule has 0 saturated heterocycles. The number of carbonyl (C=O) groups excluding carboxylic acids is 1. The third-order valence-electron chi connectivity index (χ3n) is 7.08. The van der Waals surface area contributed by atoms with Crippen LogP contribution in [0.3, 0.4) is 0 Å². The molecule has 1 atom stereocenters. The summed E-state index contributed by atoms with van der Waals surface area (Å²) < 4.78 is 20.4. The molecule has 5 rings (SSSR count). The highest BCUT2D eigenvalue weighted by Crippen LogP contribution is 2.26. The van der Waals surface area contributed by atoms with E-state index in [-0.39, 0.29) is 23.7 Å². The van der Waals surface area contributed by atoms with Crippen LogP contribution in [0.25, 0.3) is 34.0 Å². The number of hydrogen-bond donors (Lipinski definition) is 2. The van der Waals surface area contributed by atoms with Crippen LogP contribution in [0.1, 0.15) is 46.8 Å². The second-order valence-corrected chi connectivity index (χ2v) is 10.5. The van der Waals surface area contributed by atoms with Gasteiger partial charge in [-0.05, 0) is 71.5 Å². The van der Waals surface area contributed by atoms with Crippen molar-refractivity contribution < 1.29 is 23.6 Å². The van der Waals surface area contributed by atoms with Crippen LogP contribution in [-0.4, -0.2) is 33.2 Å². The number of aliphatic carboxylic acids is 1. The predicted octanol–water partition coefficient (Wildman–Crippen LogP) is 7.07. The molecule has 1 aromatic heterocycles. The molecule has 1 unspecified atom stereocenters. The standard InChI is InChI=1S/C34H30FN3O4/c1-20(2)23-12-14-24(15-13-23)26-5-4-6-27(19-26)32(39)36-30(34(40)41)18-22-9-16-28(29(35)17-22)31-37-33(42-38-31)25-10-7-21(3)8-11-25/h4-17,19-20,30H,18H2,1-3H3,(H,36,39)(H,40,41). The Bertz CT molecular complexity index is 1730. The van der Waals surface area contributed by atoms with Gasteiger partial charge in [0.15, 0.2) is 0 Å². The van der Waals surface area contributed by atoms with E-state index < -0.39 is 23.7 Å². The number of amides is 1. The molecule has 0 radical (unpaired) electrons. The van der Waals surface area contributed by atoms with Gasteiger partial charge in [-0.15, -0.1) is 0 Å². The van der Waals surface area contributed by atoms with Crippen LogP contribution in [0, 0.1) is 12.7 Å². The smallest absolute Gasteiger partial charge is 0.326 e. The normalized spacial score (nSPS) is 11.8. The molecule has 0 aliphatic carbocycles. The monoisotopic (exact) mass is 563 g/mol. The van der Waals surface area contributed by atoms with E-state index in [0.717, 1.165) is 16.7 Å². The number of aromatic nitrogens is 2. The van der Waals surface area contributed by atoms with E-state index in [0.29, 0.717) is 22.6 Å². The maximum absolute atomic E-state index is 15.1.